The van der Waals surface area contributed by atoms with Gasteiger partial charge in [-0.05, 0) is 38.1 Å². The molecule has 3 heterocycles. The highest BCUT2D eigenvalue weighted by atomic mass is 19.1. The molecular weight excluding hydrogens is 518 g/mol. The van der Waals surface area contributed by atoms with E-state index in [4.69, 9.17) is 14.2 Å². The molecule has 2 fully saturated rings. The van der Waals surface area contributed by atoms with Crippen LogP contribution in [-0.2, 0) is 6.61 Å². The molecule has 2 aromatic carbocycles. The van der Waals surface area contributed by atoms with E-state index in [2.05, 4.69) is 49.2 Å². The molecule has 0 bridgehead atoms. The topological polar surface area (TPSA) is 75.2 Å². The van der Waals surface area contributed by atoms with Gasteiger partial charge in [-0.2, -0.15) is 0 Å². The van der Waals surface area contributed by atoms with Crippen molar-refractivity contribution in [3.8, 4) is 17.2 Å². The lowest BCUT2D eigenvalue weighted by Crippen LogP contribution is -2.52. The number of piperidine rings is 1. The SMILES string of the molecule is COc1cc(OC)c(F)c(COc2cnc(Nc3cccc(N4CCC(N5CCN(C)CC5)CC4)c3)nc2)c1F. The second kappa shape index (κ2) is 12.6. The molecule has 5 rings (SSSR count). The first kappa shape index (κ1) is 27.9. The van der Waals surface area contributed by atoms with Crippen molar-refractivity contribution in [1.82, 2.24) is 19.8 Å². The van der Waals surface area contributed by atoms with Gasteiger partial charge in [0.05, 0.1) is 32.2 Å². The van der Waals surface area contributed by atoms with Crippen molar-refractivity contribution in [2.24, 2.45) is 0 Å². The fraction of sp³-hybridized carbons (Fsp3) is 0.448. The molecule has 0 spiro atoms. The maximum absolute atomic E-state index is 14.6. The molecule has 11 heteroatoms. The molecule has 2 aliphatic rings. The number of aromatic nitrogens is 2. The molecule has 3 aromatic rings. The molecule has 2 saturated heterocycles. The Balaban J connectivity index is 1.16. The van der Waals surface area contributed by atoms with Gasteiger partial charge in [0.1, 0.15) is 6.61 Å². The summed E-state index contributed by atoms with van der Waals surface area (Å²) in [5.74, 6) is -1.29. The predicted octanol–water partition coefficient (Wildman–Crippen LogP) is 4.31. The lowest BCUT2D eigenvalue weighted by molar-refractivity contribution is 0.0982. The Hall–Kier alpha value is -3.70. The van der Waals surface area contributed by atoms with Gasteiger partial charge in [0, 0.05) is 62.8 Å². The molecule has 0 atom stereocenters. The number of rotatable bonds is 9. The Morgan fingerprint density at radius 3 is 2.17 bits per heavy atom. The van der Waals surface area contributed by atoms with Crippen LogP contribution in [0.3, 0.4) is 0 Å². The third-order valence-electron chi connectivity index (χ3n) is 7.66. The van der Waals surface area contributed by atoms with E-state index in [1.165, 1.54) is 45.1 Å². The van der Waals surface area contributed by atoms with Crippen molar-refractivity contribution in [2.75, 3.05) is 70.8 Å². The summed E-state index contributed by atoms with van der Waals surface area (Å²) >= 11 is 0. The van der Waals surface area contributed by atoms with Crippen LogP contribution in [0.4, 0.5) is 26.1 Å². The van der Waals surface area contributed by atoms with Gasteiger partial charge in [-0.1, -0.05) is 6.07 Å². The summed E-state index contributed by atoms with van der Waals surface area (Å²) < 4.78 is 44.7. The normalized spacial score (nSPS) is 17.1. The van der Waals surface area contributed by atoms with Gasteiger partial charge in [0.2, 0.25) is 5.95 Å². The number of piperazine rings is 1. The van der Waals surface area contributed by atoms with E-state index >= 15 is 0 Å². The largest absolute Gasteiger partial charge is 0.494 e. The number of hydrogen-bond acceptors (Lipinski definition) is 9. The third kappa shape index (κ3) is 6.37. The van der Waals surface area contributed by atoms with E-state index in [0.29, 0.717) is 12.0 Å². The highest BCUT2D eigenvalue weighted by Gasteiger charge is 2.27. The van der Waals surface area contributed by atoms with E-state index in [9.17, 15) is 8.78 Å². The Bertz CT molecular complexity index is 1250. The zero-order chi connectivity index (χ0) is 28.1. The van der Waals surface area contributed by atoms with Crippen LogP contribution in [0, 0.1) is 11.6 Å². The lowest BCUT2D eigenvalue weighted by atomic mass is 10.0. The Labute approximate surface area is 233 Å². The highest BCUT2D eigenvalue weighted by Crippen LogP contribution is 2.32. The number of benzene rings is 2. The molecule has 0 unspecified atom stereocenters. The van der Waals surface area contributed by atoms with E-state index in [1.807, 2.05) is 12.1 Å². The van der Waals surface area contributed by atoms with Gasteiger partial charge in [0.25, 0.3) is 0 Å². The fourth-order valence-corrected chi connectivity index (χ4v) is 5.26. The zero-order valence-electron chi connectivity index (χ0n) is 23.2. The summed E-state index contributed by atoms with van der Waals surface area (Å²) in [5.41, 5.74) is 1.74. The van der Waals surface area contributed by atoms with Crippen LogP contribution in [-0.4, -0.2) is 86.3 Å². The Morgan fingerprint density at radius 2 is 1.55 bits per heavy atom. The third-order valence-corrected chi connectivity index (χ3v) is 7.66. The molecule has 2 aliphatic heterocycles. The molecule has 0 aliphatic carbocycles. The number of anilines is 3. The van der Waals surface area contributed by atoms with Crippen LogP contribution >= 0.6 is 0 Å². The first-order valence-electron chi connectivity index (χ1n) is 13.5. The summed E-state index contributed by atoms with van der Waals surface area (Å²) in [6.45, 7) is 6.30. The average Bonchev–Trinajstić information content (AvgIpc) is 2.99. The molecule has 0 radical (unpaired) electrons. The maximum Gasteiger partial charge on any atom is 0.227 e. The van der Waals surface area contributed by atoms with Gasteiger partial charge in [-0.15, -0.1) is 0 Å². The van der Waals surface area contributed by atoms with Crippen molar-refractivity contribution >= 4 is 17.3 Å². The van der Waals surface area contributed by atoms with Crippen LogP contribution in [0.2, 0.25) is 0 Å². The van der Waals surface area contributed by atoms with Gasteiger partial charge in [0.15, 0.2) is 28.9 Å². The molecule has 9 nitrogen and oxygen atoms in total. The van der Waals surface area contributed by atoms with Gasteiger partial charge in [-0.25, -0.2) is 18.7 Å². The number of ether oxygens (including phenoxy) is 3. The first-order valence-corrected chi connectivity index (χ1v) is 13.5. The molecule has 1 aromatic heterocycles. The summed E-state index contributed by atoms with van der Waals surface area (Å²) in [5, 5.41) is 3.23. The number of hydrogen-bond donors (Lipinski definition) is 1. The Morgan fingerprint density at radius 1 is 0.900 bits per heavy atom. The number of nitrogens with one attached hydrogen (secondary N) is 1. The lowest BCUT2D eigenvalue weighted by Gasteiger charge is -2.42. The summed E-state index contributed by atoms with van der Waals surface area (Å²) in [6, 6.07) is 10.0. The maximum atomic E-state index is 14.6. The number of nitrogens with zero attached hydrogens (tertiary/aromatic N) is 5. The quantitative estimate of drug-likeness (QED) is 0.417. The minimum absolute atomic E-state index is 0.130. The van der Waals surface area contributed by atoms with Crippen molar-refractivity contribution in [3.63, 3.8) is 0 Å². The van der Waals surface area contributed by atoms with Gasteiger partial charge < -0.3 is 29.3 Å². The smallest absolute Gasteiger partial charge is 0.227 e. The van der Waals surface area contributed by atoms with E-state index < -0.39 is 11.6 Å². The average molecular weight is 555 g/mol. The van der Waals surface area contributed by atoms with Crippen LogP contribution in [0.15, 0.2) is 42.7 Å². The zero-order valence-corrected chi connectivity index (χ0v) is 23.2. The van der Waals surface area contributed by atoms with Crippen LogP contribution < -0.4 is 24.4 Å². The molecule has 0 amide bonds. The van der Waals surface area contributed by atoms with E-state index in [0.717, 1.165) is 51.0 Å². The highest BCUT2D eigenvalue weighted by molar-refractivity contribution is 5.62. The Kier molecular flexibility index (Phi) is 8.81. The van der Waals surface area contributed by atoms with Gasteiger partial charge in [-0.3, -0.25) is 4.90 Å². The number of likely N-dealkylation sites (N-methyl/N-ethyl adjacent to an activating group) is 1. The summed E-state index contributed by atoms with van der Waals surface area (Å²) in [6.07, 6.45) is 5.25. The predicted molar refractivity (Wildman–Crippen MR) is 150 cm³/mol. The molecule has 0 saturated carbocycles. The first-order chi connectivity index (χ1) is 19.4. The molecular formula is C29H36F2N6O3. The van der Waals surface area contributed by atoms with Crippen molar-refractivity contribution in [1.29, 1.82) is 0 Å². The molecule has 214 valence electrons. The second-order valence-corrected chi connectivity index (χ2v) is 10.2. The second-order valence-electron chi connectivity index (χ2n) is 10.2. The van der Waals surface area contributed by atoms with Crippen molar-refractivity contribution < 1.29 is 23.0 Å². The molecule has 1 N–H and O–H groups in total. The van der Waals surface area contributed by atoms with Gasteiger partial charge >= 0.3 is 0 Å². The minimum Gasteiger partial charge on any atom is -0.494 e. The number of methoxy groups -OCH3 is 2. The summed E-state index contributed by atoms with van der Waals surface area (Å²) in [4.78, 5) is 16.1. The fourth-order valence-electron chi connectivity index (χ4n) is 5.26. The standard InChI is InChI=1S/C29H36F2N6O3/c1-35-11-13-37(14-12-35)21-7-9-36(10-8-21)22-6-4-5-20(15-22)34-29-32-17-23(18-33-29)40-19-24-27(30)25(38-2)16-26(39-3)28(24)31/h4-6,15-18,21H,7-14,19H2,1-3H3,(H,32,33,34). The number of halogens is 2. The molecule has 40 heavy (non-hydrogen) atoms. The van der Waals surface area contributed by atoms with Crippen LogP contribution in [0.1, 0.15) is 18.4 Å². The van der Waals surface area contributed by atoms with E-state index in [-0.39, 0.29) is 29.4 Å². The van der Waals surface area contributed by atoms with Crippen LogP contribution in [0.25, 0.3) is 0 Å². The minimum atomic E-state index is -0.844. The van der Waals surface area contributed by atoms with E-state index in [1.54, 1.807) is 0 Å². The van der Waals surface area contributed by atoms with Crippen molar-refractivity contribution in [3.05, 3.63) is 59.9 Å². The van der Waals surface area contributed by atoms with Crippen molar-refractivity contribution in [2.45, 2.75) is 25.5 Å². The monoisotopic (exact) mass is 554 g/mol. The summed E-state index contributed by atoms with van der Waals surface area (Å²) in [7, 11) is 4.79. The van der Waals surface area contributed by atoms with Crippen LogP contribution in [0.5, 0.6) is 17.2 Å².